The zero-order chi connectivity index (χ0) is 16.8. The number of benzene rings is 1. The van der Waals surface area contributed by atoms with Crippen LogP contribution in [-0.4, -0.2) is 25.0 Å². The maximum Gasteiger partial charge on any atom is 0.305 e. The summed E-state index contributed by atoms with van der Waals surface area (Å²) in [5.41, 5.74) is 4.03. The summed E-state index contributed by atoms with van der Waals surface area (Å²) in [6.07, 6.45) is 2.81. The van der Waals surface area contributed by atoms with Crippen LogP contribution in [0.2, 0.25) is 0 Å². The van der Waals surface area contributed by atoms with Gasteiger partial charge in [-0.1, -0.05) is 0 Å². The van der Waals surface area contributed by atoms with E-state index in [9.17, 15) is 9.59 Å². The van der Waals surface area contributed by atoms with Gasteiger partial charge in [-0.15, -0.1) is 0 Å². The van der Waals surface area contributed by atoms with Crippen LogP contribution in [0.1, 0.15) is 36.5 Å². The van der Waals surface area contributed by atoms with Crippen LogP contribution in [-0.2, 0) is 20.7 Å². The zero-order valence-electron chi connectivity index (χ0n) is 13.9. The molecule has 0 aliphatic carbocycles. The first-order valence-corrected chi connectivity index (χ1v) is 7.91. The van der Waals surface area contributed by atoms with Crippen molar-refractivity contribution < 1.29 is 18.7 Å². The molecule has 0 unspecified atom stereocenters. The van der Waals surface area contributed by atoms with Crippen molar-refractivity contribution in [2.45, 2.75) is 40.0 Å². The van der Waals surface area contributed by atoms with Gasteiger partial charge in [0.05, 0.1) is 19.3 Å². The lowest BCUT2D eigenvalue weighted by atomic mass is 10.0. The predicted molar refractivity (Wildman–Crippen MR) is 88.3 cm³/mol. The average molecular weight is 317 g/mol. The monoisotopic (exact) mass is 317 g/mol. The van der Waals surface area contributed by atoms with Gasteiger partial charge in [0, 0.05) is 23.9 Å². The molecule has 5 heteroatoms. The molecule has 1 amide bonds. The Morgan fingerprint density at radius 3 is 2.70 bits per heavy atom. The third-order valence-electron chi connectivity index (χ3n) is 3.81. The lowest BCUT2D eigenvalue weighted by Gasteiger charge is -2.05. The molecule has 5 nitrogen and oxygen atoms in total. The summed E-state index contributed by atoms with van der Waals surface area (Å²) in [7, 11) is 0. The van der Waals surface area contributed by atoms with E-state index in [0.29, 0.717) is 26.0 Å². The van der Waals surface area contributed by atoms with Crippen molar-refractivity contribution in [3.63, 3.8) is 0 Å². The third-order valence-corrected chi connectivity index (χ3v) is 3.81. The highest BCUT2D eigenvalue weighted by Crippen LogP contribution is 2.25. The minimum absolute atomic E-state index is 0.0743. The van der Waals surface area contributed by atoms with E-state index in [4.69, 9.17) is 9.15 Å². The number of hydrogen-bond acceptors (Lipinski definition) is 4. The van der Waals surface area contributed by atoms with Gasteiger partial charge in [-0.05, 0) is 50.5 Å². The molecule has 124 valence electrons. The lowest BCUT2D eigenvalue weighted by molar-refractivity contribution is -0.143. The van der Waals surface area contributed by atoms with Gasteiger partial charge in [0.25, 0.3) is 0 Å². The van der Waals surface area contributed by atoms with Gasteiger partial charge in [0.1, 0.15) is 5.58 Å². The minimum atomic E-state index is -0.228. The Morgan fingerprint density at radius 1 is 1.22 bits per heavy atom. The van der Waals surface area contributed by atoms with Gasteiger partial charge in [0.15, 0.2) is 0 Å². The molecular weight excluding hydrogens is 294 g/mol. The molecule has 23 heavy (non-hydrogen) atoms. The number of carbonyl (C=O) groups is 2. The summed E-state index contributed by atoms with van der Waals surface area (Å²) < 4.78 is 10.4. The number of aryl methyl sites for hydroxylation is 2. The quantitative estimate of drug-likeness (QED) is 0.629. The van der Waals surface area contributed by atoms with Crippen LogP contribution in [0.15, 0.2) is 22.8 Å². The summed E-state index contributed by atoms with van der Waals surface area (Å²) in [4.78, 5) is 23.2. The first kappa shape index (κ1) is 17.1. The first-order valence-electron chi connectivity index (χ1n) is 7.91. The second-order valence-corrected chi connectivity index (χ2v) is 5.63. The molecule has 2 rings (SSSR count). The number of nitrogens with one attached hydrogen (secondary N) is 1. The molecule has 1 aromatic carbocycles. The first-order chi connectivity index (χ1) is 11.0. The summed E-state index contributed by atoms with van der Waals surface area (Å²) in [6.45, 7) is 6.70. The molecule has 1 N–H and O–H groups in total. The fraction of sp³-hybridized carbons (Fsp3) is 0.444. The molecule has 0 saturated heterocycles. The largest absolute Gasteiger partial charge is 0.466 e. The molecule has 0 aliphatic rings. The van der Waals surface area contributed by atoms with Gasteiger partial charge >= 0.3 is 5.97 Å². The molecule has 0 radical (unpaired) electrons. The summed E-state index contributed by atoms with van der Waals surface area (Å²) in [6, 6.07) is 4.04. The number of furan rings is 1. The van der Waals surface area contributed by atoms with E-state index in [-0.39, 0.29) is 18.3 Å². The van der Waals surface area contributed by atoms with Crippen molar-refractivity contribution in [3.8, 4) is 0 Å². The number of esters is 1. The Balaban J connectivity index is 1.86. The molecule has 0 spiro atoms. The van der Waals surface area contributed by atoms with Crippen LogP contribution in [0.3, 0.4) is 0 Å². The van der Waals surface area contributed by atoms with E-state index in [0.717, 1.165) is 16.5 Å². The second kappa shape index (κ2) is 7.81. The van der Waals surface area contributed by atoms with Crippen molar-refractivity contribution in [3.05, 3.63) is 35.1 Å². The minimum Gasteiger partial charge on any atom is -0.466 e. The molecule has 0 fully saturated rings. The maximum absolute atomic E-state index is 12.0. The molecule has 1 heterocycles. The topological polar surface area (TPSA) is 68.5 Å². The molecule has 0 saturated carbocycles. The summed E-state index contributed by atoms with van der Waals surface area (Å²) >= 11 is 0. The Morgan fingerprint density at radius 2 is 1.96 bits per heavy atom. The highest BCUT2D eigenvalue weighted by molar-refractivity contribution is 5.88. The fourth-order valence-corrected chi connectivity index (χ4v) is 2.40. The van der Waals surface area contributed by atoms with Crippen LogP contribution < -0.4 is 5.32 Å². The average Bonchev–Trinajstić information content (AvgIpc) is 2.87. The molecule has 0 aliphatic heterocycles. The van der Waals surface area contributed by atoms with Crippen molar-refractivity contribution >= 4 is 22.8 Å². The Labute approximate surface area is 136 Å². The third kappa shape index (κ3) is 4.58. The number of carbonyl (C=O) groups excluding carboxylic acids is 2. The maximum atomic E-state index is 12.0. The van der Waals surface area contributed by atoms with Crippen molar-refractivity contribution in [2.24, 2.45) is 0 Å². The Hall–Kier alpha value is -2.30. The van der Waals surface area contributed by atoms with Crippen molar-refractivity contribution in [1.82, 2.24) is 5.32 Å². The summed E-state index contributed by atoms with van der Waals surface area (Å²) in [5, 5.41) is 3.80. The van der Waals surface area contributed by atoms with Crippen LogP contribution >= 0.6 is 0 Å². The van der Waals surface area contributed by atoms with Gasteiger partial charge in [0.2, 0.25) is 5.91 Å². The number of hydrogen-bond donors (Lipinski definition) is 1. The number of ether oxygens (including phenoxy) is 1. The van der Waals surface area contributed by atoms with E-state index in [1.54, 1.807) is 13.2 Å². The molecule has 0 bridgehead atoms. The standard InChI is InChI=1S/C18H23NO4/c1-4-22-18(21)6-5-7-19-17(20)10-14-11-23-16-9-13(3)12(2)8-15(14)16/h8-9,11H,4-7,10H2,1-3H3,(H,19,20). The zero-order valence-corrected chi connectivity index (χ0v) is 13.9. The normalized spacial score (nSPS) is 10.7. The number of fused-ring (bicyclic) bond motifs is 1. The van der Waals surface area contributed by atoms with E-state index in [2.05, 4.69) is 11.4 Å². The second-order valence-electron chi connectivity index (χ2n) is 5.63. The predicted octanol–water partition coefficient (Wildman–Crippen LogP) is 3.05. The summed E-state index contributed by atoms with van der Waals surface area (Å²) in [5.74, 6) is -0.303. The molecule has 1 aromatic heterocycles. The Bertz CT molecular complexity index is 702. The Kier molecular flexibility index (Phi) is 5.79. The number of amides is 1. The highest BCUT2D eigenvalue weighted by atomic mass is 16.5. The molecule has 0 atom stereocenters. The van der Waals surface area contributed by atoms with E-state index >= 15 is 0 Å². The van der Waals surface area contributed by atoms with Gasteiger partial charge in [-0.3, -0.25) is 9.59 Å². The smallest absolute Gasteiger partial charge is 0.305 e. The van der Waals surface area contributed by atoms with Crippen LogP contribution in [0, 0.1) is 13.8 Å². The number of rotatable bonds is 7. The lowest BCUT2D eigenvalue weighted by Crippen LogP contribution is -2.26. The van der Waals surface area contributed by atoms with E-state index < -0.39 is 0 Å². The fourth-order valence-electron chi connectivity index (χ4n) is 2.40. The van der Waals surface area contributed by atoms with Crippen LogP contribution in [0.4, 0.5) is 0 Å². The van der Waals surface area contributed by atoms with E-state index in [1.165, 1.54) is 11.1 Å². The van der Waals surface area contributed by atoms with Gasteiger partial charge in [-0.2, -0.15) is 0 Å². The molecule has 2 aromatic rings. The molecular formula is C18H23NO4. The van der Waals surface area contributed by atoms with E-state index in [1.807, 2.05) is 19.9 Å². The van der Waals surface area contributed by atoms with Crippen molar-refractivity contribution in [2.75, 3.05) is 13.2 Å². The van der Waals surface area contributed by atoms with Crippen LogP contribution in [0.25, 0.3) is 11.0 Å². The highest BCUT2D eigenvalue weighted by Gasteiger charge is 2.11. The van der Waals surface area contributed by atoms with Gasteiger partial charge in [-0.25, -0.2) is 0 Å². The van der Waals surface area contributed by atoms with Crippen molar-refractivity contribution in [1.29, 1.82) is 0 Å². The SMILES string of the molecule is CCOC(=O)CCCNC(=O)Cc1coc2cc(C)c(C)cc12. The van der Waals surface area contributed by atoms with Crippen LogP contribution in [0.5, 0.6) is 0 Å². The van der Waals surface area contributed by atoms with Gasteiger partial charge < -0.3 is 14.5 Å².